The molecule has 22 heavy (non-hydrogen) atoms. The van der Waals surface area contributed by atoms with Crippen LogP contribution in [0.2, 0.25) is 0 Å². The normalized spacial score (nSPS) is 12.0. The third kappa shape index (κ3) is 3.35. The Morgan fingerprint density at radius 1 is 1.18 bits per heavy atom. The van der Waals surface area contributed by atoms with Crippen molar-refractivity contribution in [3.8, 4) is 0 Å². The van der Waals surface area contributed by atoms with Crippen molar-refractivity contribution < 1.29 is 18.7 Å². The molecule has 2 rings (SSSR count). The van der Waals surface area contributed by atoms with Crippen molar-refractivity contribution in [3.63, 3.8) is 0 Å². The Hall–Kier alpha value is -2.18. The van der Waals surface area contributed by atoms with Crippen molar-refractivity contribution in [2.75, 3.05) is 4.31 Å². The summed E-state index contributed by atoms with van der Waals surface area (Å²) in [4.78, 5) is 11.1. The Kier molecular flexibility index (Phi) is 4.95. The van der Waals surface area contributed by atoms with E-state index in [4.69, 9.17) is 5.11 Å². The number of nitrogens with zero attached hydrogens (tertiary/aromatic N) is 1. The summed E-state index contributed by atoms with van der Waals surface area (Å²) in [6.45, 7) is 3.79. The summed E-state index contributed by atoms with van der Waals surface area (Å²) in [6.07, 6.45) is 0.871. The van der Waals surface area contributed by atoms with Gasteiger partial charge in [0.2, 0.25) is 0 Å². The topological polar surface area (TPSA) is 77.8 Å². The minimum absolute atomic E-state index is 0.0706. The van der Waals surface area contributed by atoms with Crippen molar-refractivity contribution in [1.82, 2.24) is 0 Å². The maximum Gasteiger partial charge on any atom is 0.335 e. The summed E-state index contributed by atoms with van der Waals surface area (Å²) in [5, 5.41) is 9.10. The van der Waals surface area contributed by atoms with Gasteiger partial charge >= 0.3 is 5.97 Å². The molecule has 6 heteroatoms. The number of hydrogen-bond acceptors (Lipinski definition) is 2. The Bertz CT molecular complexity index is 713. The van der Waals surface area contributed by atoms with Crippen LogP contribution in [0.3, 0.4) is 0 Å². The van der Waals surface area contributed by atoms with E-state index in [1.807, 2.05) is 19.1 Å². The van der Waals surface area contributed by atoms with Crippen LogP contribution >= 0.6 is 0 Å². The molecule has 0 saturated heterocycles. The zero-order valence-electron chi connectivity index (χ0n) is 12.3. The largest absolute Gasteiger partial charge is 0.478 e. The Morgan fingerprint density at radius 3 is 2.32 bits per heavy atom. The van der Waals surface area contributed by atoms with Crippen molar-refractivity contribution in [3.05, 3.63) is 59.2 Å². The van der Waals surface area contributed by atoms with E-state index in [-0.39, 0.29) is 5.56 Å². The summed E-state index contributed by atoms with van der Waals surface area (Å²) < 4.78 is 22.6. The second kappa shape index (κ2) is 6.72. The second-order valence-corrected chi connectivity index (χ2v) is 5.68. The number of benzene rings is 2. The summed E-state index contributed by atoms with van der Waals surface area (Å²) in [6, 6.07) is 11.8. The predicted octanol–water partition coefficient (Wildman–Crippen LogP) is 3.53. The van der Waals surface area contributed by atoms with Crippen LogP contribution in [0.15, 0.2) is 42.5 Å². The fourth-order valence-corrected chi connectivity index (χ4v) is 2.81. The van der Waals surface area contributed by atoms with Crippen LogP contribution in [-0.2, 0) is 17.7 Å². The lowest BCUT2D eigenvalue weighted by Crippen LogP contribution is -2.20. The molecule has 116 valence electrons. The number of carbonyl (C=O) groups is 1. The van der Waals surface area contributed by atoms with Gasteiger partial charge in [-0.25, -0.2) is 13.3 Å². The molecule has 0 aliphatic carbocycles. The quantitative estimate of drug-likeness (QED) is 0.826. The highest BCUT2D eigenvalue weighted by atomic mass is 32.2. The average molecular weight is 319 g/mol. The molecular formula is C16H17NO4S. The third-order valence-corrected chi connectivity index (χ3v) is 4.13. The first-order chi connectivity index (χ1) is 10.4. The third-order valence-electron chi connectivity index (χ3n) is 3.41. The van der Waals surface area contributed by atoms with E-state index in [0.29, 0.717) is 16.9 Å². The first-order valence-electron chi connectivity index (χ1n) is 6.78. The smallest absolute Gasteiger partial charge is 0.335 e. The molecule has 5 nitrogen and oxygen atoms in total. The zero-order valence-corrected chi connectivity index (χ0v) is 13.1. The predicted molar refractivity (Wildman–Crippen MR) is 86.9 cm³/mol. The van der Waals surface area contributed by atoms with E-state index >= 15 is 0 Å². The van der Waals surface area contributed by atoms with Gasteiger partial charge in [0.05, 0.1) is 16.9 Å². The summed E-state index contributed by atoms with van der Waals surface area (Å²) in [5.74, 6) is -1.08. The highest BCUT2D eigenvalue weighted by Gasteiger charge is 2.19. The lowest BCUT2D eigenvalue weighted by Gasteiger charge is -2.22. The number of aromatic carboxylic acids is 1. The fourth-order valence-electron chi connectivity index (χ4n) is 2.14. The van der Waals surface area contributed by atoms with Gasteiger partial charge in [-0.1, -0.05) is 25.1 Å². The summed E-state index contributed by atoms with van der Waals surface area (Å²) in [7, 11) is 0. The van der Waals surface area contributed by atoms with Crippen LogP contribution < -0.4 is 4.31 Å². The Balaban J connectivity index is 2.54. The Labute approximate surface area is 131 Å². The van der Waals surface area contributed by atoms with E-state index in [2.05, 4.69) is 0 Å². The van der Waals surface area contributed by atoms with Gasteiger partial charge in [0.1, 0.15) is 0 Å². The summed E-state index contributed by atoms with van der Waals surface area (Å²) in [5.41, 5.74) is 2.82. The lowest BCUT2D eigenvalue weighted by atomic mass is 10.1. The van der Waals surface area contributed by atoms with Gasteiger partial charge < -0.3 is 5.11 Å². The molecule has 0 aromatic heterocycles. The van der Waals surface area contributed by atoms with Gasteiger partial charge in [0, 0.05) is 0 Å². The van der Waals surface area contributed by atoms with E-state index in [9.17, 15) is 13.6 Å². The molecule has 2 N–H and O–H groups in total. The van der Waals surface area contributed by atoms with E-state index in [1.165, 1.54) is 16.4 Å². The second-order valence-electron chi connectivity index (χ2n) is 4.85. The van der Waals surface area contributed by atoms with Crippen LogP contribution in [0.25, 0.3) is 0 Å². The van der Waals surface area contributed by atoms with E-state index < -0.39 is 17.2 Å². The first-order valence-corrected chi connectivity index (χ1v) is 7.84. The lowest BCUT2D eigenvalue weighted by molar-refractivity contribution is 0.0697. The number of aryl methyl sites for hydroxylation is 2. The van der Waals surface area contributed by atoms with E-state index in [1.54, 1.807) is 25.1 Å². The maximum atomic E-state index is 11.8. The fraction of sp³-hybridized carbons (Fsp3) is 0.188. The molecule has 0 heterocycles. The molecule has 0 bridgehead atoms. The van der Waals surface area contributed by atoms with Crippen molar-refractivity contribution in [1.29, 1.82) is 0 Å². The molecule has 0 saturated carbocycles. The molecule has 0 spiro atoms. The number of rotatable bonds is 5. The maximum absolute atomic E-state index is 11.8. The minimum atomic E-state index is -2.31. The molecule has 0 aliphatic heterocycles. The van der Waals surface area contributed by atoms with Crippen LogP contribution in [0.4, 0.5) is 11.4 Å². The molecule has 1 unspecified atom stereocenters. The van der Waals surface area contributed by atoms with Gasteiger partial charge in [0.25, 0.3) is 11.3 Å². The SMILES string of the molecule is CCc1ccc(N(c2cc(C(=O)O)ccc2C)S(=O)O)cc1. The highest BCUT2D eigenvalue weighted by Crippen LogP contribution is 2.30. The van der Waals surface area contributed by atoms with Crippen LogP contribution in [0.5, 0.6) is 0 Å². The molecule has 0 radical (unpaired) electrons. The van der Waals surface area contributed by atoms with Crippen LogP contribution in [-0.4, -0.2) is 19.8 Å². The monoisotopic (exact) mass is 319 g/mol. The van der Waals surface area contributed by atoms with Gasteiger partial charge in [-0.2, -0.15) is 0 Å². The molecule has 1 atom stereocenters. The Morgan fingerprint density at radius 2 is 1.82 bits per heavy atom. The first kappa shape index (κ1) is 16.2. The molecule has 2 aromatic carbocycles. The van der Waals surface area contributed by atoms with Gasteiger partial charge in [-0.05, 0) is 48.7 Å². The standard InChI is InChI=1S/C16H17NO4S/c1-3-12-5-8-14(9-6-12)17(22(20)21)15-10-13(16(18)19)7-4-11(15)2/h4-10H,3H2,1-2H3,(H,18,19)(H,20,21). The van der Waals surface area contributed by atoms with Gasteiger partial charge in [0.15, 0.2) is 0 Å². The number of hydrogen-bond donors (Lipinski definition) is 2. The van der Waals surface area contributed by atoms with Gasteiger partial charge in [-0.15, -0.1) is 0 Å². The highest BCUT2D eigenvalue weighted by molar-refractivity contribution is 7.81. The van der Waals surface area contributed by atoms with Gasteiger partial charge in [-0.3, -0.25) is 4.55 Å². The van der Waals surface area contributed by atoms with Crippen molar-refractivity contribution >= 4 is 28.6 Å². The van der Waals surface area contributed by atoms with Crippen molar-refractivity contribution in [2.45, 2.75) is 20.3 Å². The average Bonchev–Trinajstić information content (AvgIpc) is 2.49. The van der Waals surface area contributed by atoms with Crippen LogP contribution in [0.1, 0.15) is 28.4 Å². The molecule has 0 aliphatic rings. The van der Waals surface area contributed by atoms with Crippen molar-refractivity contribution in [2.24, 2.45) is 0 Å². The molecular weight excluding hydrogens is 302 g/mol. The number of carboxylic acid groups (broad SMARTS) is 1. The molecule has 0 amide bonds. The van der Waals surface area contributed by atoms with Crippen LogP contribution in [0, 0.1) is 6.92 Å². The zero-order chi connectivity index (χ0) is 16.3. The number of anilines is 2. The summed E-state index contributed by atoms with van der Waals surface area (Å²) >= 11 is -2.31. The number of carboxylic acids is 1. The molecule has 2 aromatic rings. The van der Waals surface area contributed by atoms with E-state index in [0.717, 1.165) is 12.0 Å². The minimum Gasteiger partial charge on any atom is -0.478 e. The molecule has 0 fully saturated rings.